The lowest BCUT2D eigenvalue weighted by Crippen LogP contribution is -2.55. The predicted molar refractivity (Wildman–Crippen MR) is 119 cm³/mol. The van der Waals surface area contributed by atoms with Crippen LogP contribution < -0.4 is 27.0 Å². The maximum atomic E-state index is 12.7. The molecular weight excluding hydrogens is 470 g/mol. The quantitative estimate of drug-likeness (QED) is 0.102. The predicted octanol–water partition coefficient (Wildman–Crippen LogP) is -2.62. The molecule has 0 aromatic rings. The molecule has 0 fully saturated rings. The highest BCUT2D eigenvalue weighted by Gasteiger charge is 2.28. The van der Waals surface area contributed by atoms with E-state index < -0.39 is 92.0 Å². The van der Waals surface area contributed by atoms with Crippen LogP contribution in [0.3, 0.4) is 0 Å². The number of hydrogen-bond donors (Lipinski definition) is 8. The molecule has 0 heterocycles. The zero-order valence-electron chi connectivity index (χ0n) is 19.5. The van der Waals surface area contributed by atoms with E-state index in [4.69, 9.17) is 21.1 Å². The fraction of sp³-hybridized carbons (Fsp3) is 0.650. The molecule has 3 atom stereocenters. The normalized spacial score (nSPS) is 13.1. The van der Waals surface area contributed by atoms with Crippen LogP contribution in [0.15, 0.2) is 0 Å². The van der Waals surface area contributed by atoms with Crippen LogP contribution in [-0.4, -0.2) is 88.1 Å². The number of nitrogens with two attached hydrogens (primary N) is 1. The molecule has 0 rings (SSSR count). The minimum Gasteiger partial charge on any atom is -0.481 e. The van der Waals surface area contributed by atoms with Gasteiger partial charge in [-0.15, -0.1) is 0 Å². The van der Waals surface area contributed by atoms with E-state index in [0.29, 0.717) is 6.42 Å². The van der Waals surface area contributed by atoms with Gasteiger partial charge in [-0.3, -0.25) is 33.6 Å². The Hall–Kier alpha value is -3.75. The lowest BCUT2D eigenvalue weighted by atomic mass is 10.0. The second kappa shape index (κ2) is 16.0. The molecule has 9 N–H and O–H groups in total. The van der Waals surface area contributed by atoms with Gasteiger partial charge in [0.05, 0.1) is 12.6 Å². The number of carbonyl (C=O) groups excluding carboxylic acids is 4. The number of aliphatic carboxylic acids is 3. The van der Waals surface area contributed by atoms with Crippen LogP contribution in [0.4, 0.5) is 0 Å². The molecular formula is C20H33N5O10. The molecule has 0 unspecified atom stereocenters. The van der Waals surface area contributed by atoms with Crippen molar-refractivity contribution in [2.24, 2.45) is 11.7 Å². The van der Waals surface area contributed by atoms with Gasteiger partial charge in [0.25, 0.3) is 0 Å². The summed E-state index contributed by atoms with van der Waals surface area (Å²) in [7, 11) is 0. The molecule has 15 heteroatoms. The van der Waals surface area contributed by atoms with E-state index in [2.05, 4.69) is 16.0 Å². The molecule has 0 aromatic carbocycles. The third kappa shape index (κ3) is 14.9. The number of carboxylic acids is 3. The summed E-state index contributed by atoms with van der Waals surface area (Å²) in [5, 5.41) is 35.2. The van der Waals surface area contributed by atoms with Gasteiger partial charge >= 0.3 is 17.9 Å². The summed E-state index contributed by atoms with van der Waals surface area (Å²) < 4.78 is 0. The van der Waals surface area contributed by atoms with E-state index >= 15 is 0 Å². The Balaban J connectivity index is 5.26. The zero-order chi connectivity index (χ0) is 27.1. The van der Waals surface area contributed by atoms with Crippen molar-refractivity contribution in [3.05, 3.63) is 0 Å². The lowest BCUT2D eigenvalue weighted by Gasteiger charge is -2.22. The van der Waals surface area contributed by atoms with E-state index in [-0.39, 0.29) is 12.3 Å². The first-order valence-corrected chi connectivity index (χ1v) is 10.8. The molecule has 0 saturated carbocycles. The number of rotatable bonds is 17. The van der Waals surface area contributed by atoms with Crippen molar-refractivity contribution in [2.75, 3.05) is 13.1 Å². The van der Waals surface area contributed by atoms with Crippen LogP contribution in [0.1, 0.15) is 46.0 Å². The largest absolute Gasteiger partial charge is 0.481 e. The standard InChI is InChI=1S/C20H33N5O10/c1-10(2)7-11(21)18(33)22-8-14(26)24-13(4-6-16(29)30)20(35)25-12(3-5-15(27)28)19(34)23-9-17(31)32/h10-13H,3-9,21H2,1-2H3,(H,22,33)(H,23,34)(H,24,26)(H,25,35)(H,27,28)(H,29,30)(H,31,32)/t11-,12-,13-/m0/s1. The third-order valence-corrected chi connectivity index (χ3v) is 4.48. The minimum absolute atomic E-state index is 0.135. The van der Waals surface area contributed by atoms with Crippen LogP contribution in [0, 0.1) is 5.92 Å². The fourth-order valence-electron chi connectivity index (χ4n) is 2.79. The molecule has 4 amide bonds. The number of amides is 4. The average Bonchev–Trinajstić information content (AvgIpc) is 2.74. The molecule has 0 aliphatic carbocycles. The van der Waals surface area contributed by atoms with Gasteiger partial charge in [-0.1, -0.05) is 13.8 Å². The smallest absolute Gasteiger partial charge is 0.322 e. The second-order valence-electron chi connectivity index (χ2n) is 8.11. The number of nitrogens with one attached hydrogen (secondary N) is 4. The van der Waals surface area contributed by atoms with E-state index in [1.807, 2.05) is 19.2 Å². The van der Waals surface area contributed by atoms with Crippen molar-refractivity contribution in [1.29, 1.82) is 0 Å². The number of carbonyl (C=O) groups is 7. The molecule has 0 bridgehead atoms. The van der Waals surface area contributed by atoms with Gasteiger partial charge in [-0.2, -0.15) is 0 Å². The van der Waals surface area contributed by atoms with Crippen LogP contribution in [0.25, 0.3) is 0 Å². The van der Waals surface area contributed by atoms with Gasteiger partial charge in [0.1, 0.15) is 18.6 Å². The Bertz CT molecular complexity index is 801. The van der Waals surface area contributed by atoms with Gasteiger partial charge in [0, 0.05) is 12.8 Å². The van der Waals surface area contributed by atoms with Gasteiger partial charge in [-0.25, -0.2) is 0 Å². The second-order valence-corrected chi connectivity index (χ2v) is 8.11. The first kappa shape index (κ1) is 31.2. The fourth-order valence-corrected chi connectivity index (χ4v) is 2.79. The Morgan fingerprint density at radius 1 is 0.686 bits per heavy atom. The van der Waals surface area contributed by atoms with Crippen molar-refractivity contribution < 1.29 is 48.9 Å². The lowest BCUT2D eigenvalue weighted by molar-refractivity contribution is -0.140. The highest BCUT2D eigenvalue weighted by molar-refractivity contribution is 5.94. The highest BCUT2D eigenvalue weighted by Crippen LogP contribution is 2.04. The van der Waals surface area contributed by atoms with Crippen molar-refractivity contribution in [3.8, 4) is 0 Å². The molecule has 0 aliphatic heterocycles. The molecule has 0 aliphatic rings. The van der Waals surface area contributed by atoms with Crippen molar-refractivity contribution in [3.63, 3.8) is 0 Å². The summed E-state index contributed by atoms with van der Waals surface area (Å²) in [6, 6.07) is -3.76. The summed E-state index contributed by atoms with van der Waals surface area (Å²) in [6.07, 6.45) is -1.47. The summed E-state index contributed by atoms with van der Waals surface area (Å²) in [5.74, 6) is -7.19. The Morgan fingerprint density at radius 3 is 1.63 bits per heavy atom. The first-order valence-electron chi connectivity index (χ1n) is 10.8. The highest BCUT2D eigenvalue weighted by atomic mass is 16.4. The average molecular weight is 504 g/mol. The molecule has 15 nitrogen and oxygen atoms in total. The van der Waals surface area contributed by atoms with E-state index in [1.165, 1.54) is 0 Å². The zero-order valence-corrected chi connectivity index (χ0v) is 19.5. The monoisotopic (exact) mass is 503 g/mol. The number of hydrogen-bond acceptors (Lipinski definition) is 8. The van der Waals surface area contributed by atoms with Crippen LogP contribution in [-0.2, 0) is 33.6 Å². The van der Waals surface area contributed by atoms with Crippen molar-refractivity contribution in [1.82, 2.24) is 21.3 Å². The van der Waals surface area contributed by atoms with Crippen LogP contribution in [0.5, 0.6) is 0 Å². The Kier molecular flexibility index (Phi) is 14.3. The van der Waals surface area contributed by atoms with Crippen molar-refractivity contribution in [2.45, 2.75) is 64.1 Å². The molecule has 0 saturated heterocycles. The topological polar surface area (TPSA) is 254 Å². The summed E-state index contributed by atoms with van der Waals surface area (Å²) in [4.78, 5) is 81.6. The molecule has 198 valence electrons. The Morgan fingerprint density at radius 2 is 1.17 bits per heavy atom. The summed E-state index contributed by atoms with van der Waals surface area (Å²) in [5.41, 5.74) is 5.72. The van der Waals surface area contributed by atoms with E-state index in [0.717, 1.165) is 0 Å². The third-order valence-electron chi connectivity index (χ3n) is 4.48. The van der Waals surface area contributed by atoms with Crippen molar-refractivity contribution >= 4 is 41.5 Å². The van der Waals surface area contributed by atoms with Crippen LogP contribution in [0.2, 0.25) is 0 Å². The maximum Gasteiger partial charge on any atom is 0.322 e. The Labute approximate surface area is 201 Å². The van der Waals surface area contributed by atoms with Gasteiger partial charge < -0.3 is 42.3 Å². The van der Waals surface area contributed by atoms with Gasteiger partial charge in [0.15, 0.2) is 0 Å². The molecule has 35 heavy (non-hydrogen) atoms. The van der Waals surface area contributed by atoms with E-state index in [9.17, 15) is 33.6 Å². The minimum atomic E-state index is -1.46. The maximum absolute atomic E-state index is 12.7. The summed E-state index contributed by atoms with van der Waals surface area (Å²) in [6.45, 7) is 2.38. The van der Waals surface area contributed by atoms with E-state index in [1.54, 1.807) is 0 Å². The molecule has 0 aromatic heterocycles. The molecule has 0 spiro atoms. The van der Waals surface area contributed by atoms with Gasteiger partial charge in [0.2, 0.25) is 23.6 Å². The molecule has 0 radical (unpaired) electrons. The SMILES string of the molecule is CC(C)C[C@H](N)C(=O)NCC(=O)N[C@@H](CCC(=O)O)C(=O)N[C@@H](CCC(=O)O)C(=O)NCC(=O)O. The number of carboxylic acid groups (broad SMARTS) is 3. The van der Waals surface area contributed by atoms with Crippen LogP contribution >= 0.6 is 0 Å². The first-order chi connectivity index (χ1) is 16.2. The van der Waals surface area contributed by atoms with Gasteiger partial charge in [-0.05, 0) is 25.2 Å². The summed E-state index contributed by atoms with van der Waals surface area (Å²) >= 11 is 0.